The van der Waals surface area contributed by atoms with Gasteiger partial charge >= 0.3 is 0 Å². The molecule has 1 aliphatic heterocycles. The minimum Gasteiger partial charge on any atom is -0.386 e. The van der Waals surface area contributed by atoms with Crippen LogP contribution >= 0.6 is 15.9 Å². The average molecular weight is 403 g/mol. The summed E-state index contributed by atoms with van der Waals surface area (Å²) in [6.45, 7) is 4.54. The van der Waals surface area contributed by atoms with Crippen molar-refractivity contribution < 1.29 is 9.90 Å². The molecule has 25 heavy (non-hydrogen) atoms. The third kappa shape index (κ3) is 2.93. The number of hydrogen-bond acceptors (Lipinski definition) is 3. The van der Waals surface area contributed by atoms with Crippen LogP contribution in [0, 0.1) is 5.92 Å². The van der Waals surface area contributed by atoms with Crippen LogP contribution in [-0.4, -0.2) is 23.2 Å². The van der Waals surface area contributed by atoms with Crippen LogP contribution in [-0.2, 0) is 0 Å². The monoisotopic (exact) mass is 402 g/mol. The predicted octanol–water partition coefficient (Wildman–Crippen LogP) is 3.85. The molecule has 0 saturated heterocycles. The molecule has 1 saturated carbocycles. The van der Waals surface area contributed by atoms with E-state index >= 15 is 0 Å². The molecule has 3 aliphatic rings. The molecule has 5 heteroatoms. The van der Waals surface area contributed by atoms with Gasteiger partial charge in [0.2, 0.25) is 0 Å². The molecule has 1 atom stereocenters. The third-order valence-corrected chi connectivity index (χ3v) is 5.86. The summed E-state index contributed by atoms with van der Waals surface area (Å²) in [6.07, 6.45) is 7.52. The first-order valence-electron chi connectivity index (χ1n) is 8.81. The topological polar surface area (TPSA) is 66.6 Å². The van der Waals surface area contributed by atoms with Gasteiger partial charge in [0, 0.05) is 22.6 Å². The van der Waals surface area contributed by atoms with Crippen LogP contribution in [0.15, 0.2) is 40.0 Å². The SMILES string of the molecule is CC(C)(O)C1=CCC2C(=C1)N(CC1CC1)c1c(C(N)=O)cc(Br)cc12. The number of anilines is 1. The summed E-state index contributed by atoms with van der Waals surface area (Å²) in [7, 11) is 0. The molecule has 1 aromatic carbocycles. The zero-order chi connectivity index (χ0) is 17.9. The van der Waals surface area contributed by atoms with Gasteiger partial charge in [0.25, 0.3) is 5.91 Å². The molecular formula is C20H23BrN2O2. The van der Waals surface area contributed by atoms with Crippen molar-refractivity contribution in [3.8, 4) is 0 Å². The number of fused-ring (bicyclic) bond motifs is 3. The summed E-state index contributed by atoms with van der Waals surface area (Å²) >= 11 is 3.53. The van der Waals surface area contributed by atoms with Gasteiger partial charge in [-0.05, 0) is 68.4 Å². The maximum absolute atomic E-state index is 12.1. The number of aliphatic hydroxyl groups is 1. The number of amides is 1. The molecule has 2 aliphatic carbocycles. The van der Waals surface area contributed by atoms with Crippen molar-refractivity contribution in [2.45, 2.75) is 44.6 Å². The lowest BCUT2D eigenvalue weighted by Gasteiger charge is -2.29. The lowest BCUT2D eigenvalue weighted by Crippen LogP contribution is -2.28. The number of carbonyl (C=O) groups is 1. The highest BCUT2D eigenvalue weighted by atomic mass is 79.9. The molecule has 3 N–H and O–H groups in total. The van der Waals surface area contributed by atoms with E-state index in [-0.39, 0.29) is 5.92 Å². The van der Waals surface area contributed by atoms with Crippen LogP contribution in [0.1, 0.15) is 54.9 Å². The number of halogens is 1. The minimum absolute atomic E-state index is 0.218. The maximum atomic E-state index is 12.1. The van der Waals surface area contributed by atoms with Gasteiger partial charge in [-0.2, -0.15) is 0 Å². The van der Waals surface area contributed by atoms with Gasteiger partial charge < -0.3 is 15.7 Å². The van der Waals surface area contributed by atoms with E-state index in [9.17, 15) is 9.90 Å². The van der Waals surface area contributed by atoms with Gasteiger partial charge in [-0.15, -0.1) is 0 Å². The highest BCUT2D eigenvalue weighted by Crippen LogP contribution is 2.52. The number of nitrogens with zero attached hydrogens (tertiary/aromatic N) is 1. The molecule has 0 bridgehead atoms. The Kier molecular flexibility index (Phi) is 3.85. The molecule has 4 nitrogen and oxygen atoms in total. The largest absolute Gasteiger partial charge is 0.386 e. The van der Waals surface area contributed by atoms with Crippen LogP contribution in [0.3, 0.4) is 0 Å². The van der Waals surface area contributed by atoms with Crippen molar-refractivity contribution in [2.24, 2.45) is 11.7 Å². The number of nitrogens with two attached hydrogens (primary N) is 1. The van der Waals surface area contributed by atoms with Gasteiger partial charge in [0.1, 0.15) is 0 Å². The van der Waals surface area contributed by atoms with Gasteiger partial charge in [-0.1, -0.05) is 22.0 Å². The van der Waals surface area contributed by atoms with Crippen molar-refractivity contribution in [3.63, 3.8) is 0 Å². The number of hydrogen-bond donors (Lipinski definition) is 2. The van der Waals surface area contributed by atoms with Crippen LogP contribution in [0.2, 0.25) is 0 Å². The fourth-order valence-electron chi connectivity index (χ4n) is 3.92. The standard InChI is InChI=1S/C20H23BrN2O2/c1-20(2,25)12-5-6-14-15-8-13(21)9-16(19(22)24)18(15)23(17(14)7-12)10-11-3-4-11/h5,7-9,11,14,25H,3-4,6,10H2,1-2H3,(H2,22,24). The van der Waals surface area contributed by atoms with Crippen molar-refractivity contribution in [1.29, 1.82) is 0 Å². The zero-order valence-electron chi connectivity index (χ0n) is 14.6. The molecule has 0 radical (unpaired) electrons. The molecule has 0 spiro atoms. The van der Waals surface area contributed by atoms with Gasteiger partial charge in [0.15, 0.2) is 0 Å². The van der Waals surface area contributed by atoms with E-state index in [4.69, 9.17) is 5.73 Å². The molecule has 1 amide bonds. The lowest BCUT2D eigenvalue weighted by atomic mass is 9.84. The molecular weight excluding hydrogens is 380 g/mol. The van der Waals surface area contributed by atoms with Gasteiger partial charge in [-0.25, -0.2) is 0 Å². The molecule has 1 unspecified atom stereocenters. The minimum atomic E-state index is -0.870. The van der Waals surface area contributed by atoms with Crippen molar-refractivity contribution in [2.75, 3.05) is 11.4 Å². The van der Waals surface area contributed by atoms with Crippen LogP contribution < -0.4 is 10.6 Å². The Morgan fingerprint density at radius 2 is 2.12 bits per heavy atom. The van der Waals surface area contributed by atoms with Crippen LogP contribution in [0.5, 0.6) is 0 Å². The maximum Gasteiger partial charge on any atom is 0.250 e. The average Bonchev–Trinajstić information content (AvgIpc) is 3.29. The second kappa shape index (κ2) is 5.71. The third-order valence-electron chi connectivity index (χ3n) is 5.40. The lowest BCUT2D eigenvalue weighted by molar-refractivity contribution is 0.100. The van der Waals surface area contributed by atoms with E-state index in [0.29, 0.717) is 11.5 Å². The quantitative estimate of drug-likeness (QED) is 0.803. The van der Waals surface area contributed by atoms with E-state index in [1.54, 1.807) is 0 Å². The van der Waals surface area contributed by atoms with E-state index < -0.39 is 11.5 Å². The highest BCUT2D eigenvalue weighted by molar-refractivity contribution is 9.10. The smallest absolute Gasteiger partial charge is 0.250 e. The number of benzene rings is 1. The summed E-state index contributed by atoms with van der Waals surface area (Å²) in [5.41, 5.74) is 9.63. The Morgan fingerprint density at radius 3 is 2.72 bits per heavy atom. The summed E-state index contributed by atoms with van der Waals surface area (Å²) < 4.78 is 0.880. The van der Waals surface area contributed by atoms with Gasteiger partial charge in [-0.3, -0.25) is 4.79 Å². The number of carbonyl (C=O) groups excluding carboxylic acids is 1. The molecule has 0 aromatic heterocycles. The summed E-state index contributed by atoms with van der Waals surface area (Å²) in [6, 6.07) is 3.93. The Morgan fingerprint density at radius 1 is 1.40 bits per heavy atom. The molecule has 1 fully saturated rings. The predicted molar refractivity (Wildman–Crippen MR) is 103 cm³/mol. The molecule has 1 heterocycles. The Hall–Kier alpha value is -1.59. The van der Waals surface area contributed by atoms with E-state index in [2.05, 4.69) is 39.0 Å². The van der Waals surface area contributed by atoms with E-state index in [1.807, 2.05) is 19.9 Å². The summed E-state index contributed by atoms with van der Waals surface area (Å²) in [5, 5.41) is 10.4. The Labute approximate surface area is 156 Å². The Balaban J connectivity index is 1.86. The zero-order valence-corrected chi connectivity index (χ0v) is 16.1. The second-order valence-electron chi connectivity index (χ2n) is 7.89. The van der Waals surface area contributed by atoms with E-state index in [1.165, 1.54) is 18.5 Å². The highest BCUT2D eigenvalue weighted by Gasteiger charge is 2.41. The summed E-state index contributed by atoms with van der Waals surface area (Å²) in [4.78, 5) is 14.4. The van der Waals surface area contributed by atoms with Crippen LogP contribution in [0.4, 0.5) is 5.69 Å². The van der Waals surface area contributed by atoms with Crippen molar-refractivity contribution in [3.05, 3.63) is 51.2 Å². The number of allylic oxidation sites excluding steroid dienone is 2. The van der Waals surface area contributed by atoms with E-state index in [0.717, 1.165) is 34.3 Å². The second-order valence-corrected chi connectivity index (χ2v) is 8.80. The first-order chi connectivity index (χ1) is 11.8. The number of rotatable bonds is 4. The van der Waals surface area contributed by atoms with Crippen molar-refractivity contribution in [1.82, 2.24) is 0 Å². The first kappa shape index (κ1) is 16.9. The fraction of sp³-hybridized carbons (Fsp3) is 0.450. The Bertz CT molecular complexity index is 816. The van der Waals surface area contributed by atoms with Gasteiger partial charge in [0.05, 0.1) is 16.9 Å². The normalized spacial score (nSPS) is 22.2. The first-order valence-corrected chi connectivity index (χ1v) is 9.60. The molecule has 4 rings (SSSR count). The molecule has 1 aromatic rings. The summed E-state index contributed by atoms with van der Waals surface area (Å²) in [5.74, 6) is 0.497. The fourth-order valence-corrected chi connectivity index (χ4v) is 4.40. The number of primary amides is 1. The van der Waals surface area contributed by atoms with Crippen LogP contribution in [0.25, 0.3) is 0 Å². The van der Waals surface area contributed by atoms with Crippen molar-refractivity contribution >= 4 is 27.5 Å². The molecule has 132 valence electrons.